The highest BCUT2D eigenvalue weighted by Crippen LogP contribution is 2.10. The van der Waals surface area contributed by atoms with E-state index in [9.17, 15) is 0 Å². The lowest BCUT2D eigenvalue weighted by Crippen LogP contribution is -2.44. The third-order valence-electron chi connectivity index (χ3n) is 3.53. The third kappa shape index (κ3) is 6.45. The first-order valence-electron chi connectivity index (χ1n) is 8.31. The van der Waals surface area contributed by atoms with Gasteiger partial charge in [-0.1, -0.05) is 32.9 Å². The average molecular weight is 309 g/mol. The Labute approximate surface area is 134 Å². The lowest BCUT2D eigenvalue weighted by atomic mass is 10.1. The molecule has 1 heterocycles. The van der Waals surface area contributed by atoms with E-state index >= 15 is 0 Å². The summed E-state index contributed by atoms with van der Waals surface area (Å²) in [7, 11) is 0. The van der Waals surface area contributed by atoms with E-state index in [0.29, 0.717) is 23.8 Å². The van der Waals surface area contributed by atoms with Gasteiger partial charge in [0, 0.05) is 31.5 Å². The molecule has 0 radical (unpaired) electrons. The molecule has 0 bridgehead atoms. The molecule has 22 heavy (non-hydrogen) atoms. The maximum atomic E-state index is 5.24. The minimum atomic E-state index is 0.303. The van der Waals surface area contributed by atoms with Crippen LogP contribution in [0.25, 0.3) is 0 Å². The molecule has 0 aliphatic rings. The largest absolute Gasteiger partial charge is 0.357 e. The van der Waals surface area contributed by atoms with Crippen LogP contribution in [-0.4, -0.2) is 35.2 Å². The van der Waals surface area contributed by atoms with Crippen LogP contribution in [0.1, 0.15) is 65.6 Å². The van der Waals surface area contributed by atoms with E-state index in [2.05, 4.69) is 67.3 Å². The molecule has 0 fully saturated rings. The molecule has 0 amide bonds. The summed E-state index contributed by atoms with van der Waals surface area (Å²) in [5.74, 6) is 3.22. The van der Waals surface area contributed by atoms with Crippen LogP contribution in [0.2, 0.25) is 0 Å². The topological polar surface area (TPSA) is 75.3 Å². The maximum absolute atomic E-state index is 5.24. The molecule has 0 saturated heterocycles. The van der Waals surface area contributed by atoms with E-state index in [1.54, 1.807) is 0 Å². The first-order valence-corrected chi connectivity index (χ1v) is 8.31. The van der Waals surface area contributed by atoms with Crippen molar-refractivity contribution in [2.45, 2.75) is 66.3 Å². The molecule has 126 valence electrons. The van der Waals surface area contributed by atoms with E-state index in [1.165, 1.54) is 0 Å². The van der Waals surface area contributed by atoms with E-state index in [-0.39, 0.29) is 0 Å². The second-order valence-electron chi connectivity index (χ2n) is 6.24. The van der Waals surface area contributed by atoms with Gasteiger partial charge < -0.3 is 15.2 Å². The Morgan fingerprint density at radius 2 is 1.95 bits per heavy atom. The lowest BCUT2D eigenvalue weighted by molar-refractivity contribution is 0.369. The molecule has 1 unspecified atom stereocenters. The van der Waals surface area contributed by atoms with Crippen molar-refractivity contribution in [1.29, 1.82) is 0 Å². The summed E-state index contributed by atoms with van der Waals surface area (Å²) in [6.07, 6.45) is 1.66. The van der Waals surface area contributed by atoms with Crippen LogP contribution in [0.5, 0.6) is 0 Å². The second-order valence-corrected chi connectivity index (χ2v) is 6.24. The molecule has 1 aromatic heterocycles. The van der Waals surface area contributed by atoms with Crippen LogP contribution in [0.3, 0.4) is 0 Å². The molecule has 0 aliphatic carbocycles. The Balaban J connectivity index is 2.42. The fraction of sp³-hybridized carbons (Fsp3) is 0.812. The number of hydrogen-bond donors (Lipinski definition) is 2. The number of hydrogen-bond acceptors (Lipinski definition) is 4. The van der Waals surface area contributed by atoms with Gasteiger partial charge in [-0.25, -0.2) is 0 Å². The Bertz CT molecular complexity index is 453. The zero-order valence-electron chi connectivity index (χ0n) is 14.8. The third-order valence-corrected chi connectivity index (χ3v) is 3.53. The molecule has 0 saturated carbocycles. The summed E-state index contributed by atoms with van der Waals surface area (Å²) < 4.78 is 5.24. The molecule has 0 aliphatic heterocycles. The zero-order valence-corrected chi connectivity index (χ0v) is 14.8. The smallest absolute Gasteiger partial charge is 0.226 e. The number of nitrogens with zero attached hydrogens (tertiary/aromatic N) is 3. The van der Waals surface area contributed by atoms with Crippen LogP contribution in [0.15, 0.2) is 9.52 Å². The SMILES string of the molecule is CCNC(=NCCCc1nc(C(C)C)no1)NC(C)C(C)C. The fourth-order valence-corrected chi connectivity index (χ4v) is 1.73. The van der Waals surface area contributed by atoms with Gasteiger partial charge >= 0.3 is 0 Å². The minimum absolute atomic E-state index is 0.303. The van der Waals surface area contributed by atoms with Gasteiger partial charge in [-0.2, -0.15) is 4.98 Å². The first-order chi connectivity index (χ1) is 10.4. The molecule has 6 nitrogen and oxygen atoms in total. The second kappa shape index (κ2) is 9.43. The highest BCUT2D eigenvalue weighted by Gasteiger charge is 2.10. The Morgan fingerprint density at radius 3 is 2.50 bits per heavy atom. The van der Waals surface area contributed by atoms with Crippen molar-refractivity contribution in [2.24, 2.45) is 10.9 Å². The standard InChI is InChI=1S/C16H31N5O/c1-7-17-16(19-13(6)11(2)3)18-10-8-9-14-20-15(12(4)5)21-22-14/h11-13H,7-10H2,1-6H3,(H2,17,18,19). The number of guanidine groups is 1. The number of nitrogens with one attached hydrogen (secondary N) is 2. The maximum Gasteiger partial charge on any atom is 0.226 e. The van der Waals surface area contributed by atoms with Crippen LogP contribution in [0.4, 0.5) is 0 Å². The summed E-state index contributed by atoms with van der Waals surface area (Å²) in [5.41, 5.74) is 0. The monoisotopic (exact) mass is 309 g/mol. The van der Waals surface area contributed by atoms with E-state index in [0.717, 1.165) is 37.7 Å². The van der Waals surface area contributed by atoms with Crippen LogP contribution >= 0.6 is 0 Å². The predicted octanol–water partition coefficient (Wildman–Crippen LogP) is 2.73. The average Bonchev–Trinajstić information content (AvgIpc) is 2.92. The Kier molecular flexibility index (Phi) is 7.91. The number of aryl methyl sites for hydroxylation is 1. The molecule has 0 spiro atoms. The van der Waals surface area contributed by atoms with Gasteiger partial charge in [0.2, 0.25) is 5.89 Å². The summed E-state index contributed by atoms with van der Waals surface area (Å²) >= 11 is 0. The molecule has 1 atom stereocenters. The molecule has 2 N–H and O–H groups in total. The van der Waals surface area contributed by atoms with Crippen molar-refractivity contribution in [1.82, 2.24) is 20.8 Å². The van der Waals surface area contributed by atoms with Crippen molar-refractivity contribution in [2.75, 3.05) is 13.1 Å². The number of aliphatic imine (C=N–C) groups is 1. The van der Waals surface area contributed by atoms with Gasteiger partial charge in [0.1, 0.15) is 0 Å². The lowest BCUT2D eigenvalue weighted by Gasteiger charge is -2.20. The van der Waals surface area contributed by atoms with E-state index in [1.807, 2.05) is 0 Å². The highest BCUT2D eigenvalue weighted by molar-refractivity contribution is 5.80. The van der Waals surface area contributed by atoms with Gasteiger partial charge in [0.05, 0.1) is 0 Å². The molecule has 0 aromatic carbocycles. The summed E-state index contributed by atoms with van der Waals surface area (Å²) in [6, 6.07) is 0.391. The molecular weight excluding hydrogens is 278 g/mol. The molecule has 1 aromatic rings. The zero-order chi connectivity index (χ0) is 16.5. The normalized spacial score (nSPS) is 13.7. The van der Waals surface area contributed by atoms with Crippen molar-refractivity contribution >= 4 is 5.96 Å². The minimum Gasteiger partial charge on any atom is -0.357 e. The van der Waals surface area contributed by atoms with Gasteiger partial charge in [-0.05, 0) is 26.2 Å². The molecule has 6 heteroatoms. The summed E-state index contributed by atoms with van der Waals surface area (Å²) in [5, 5.41) is 10.7. The van der Waals surface area contributed by atoms with Crippen LogP contribution in [-0.2, 0) is 6.42 Å². The van der Waals surface area contributed by atoms with Gasteiger partial charge in [0.15, 0.2) is 11.8 Å². The van der Waals surface area contributed by atoms with Crippen LogP contribution < -0.4 is 10.6 Å². The highest BCUT2D eigenvalue weighted by atomic mass is 16.5. The fourth-order valence-electron chi connectivity index (χ4n) is 1.73. The number of aromatic nitrogens is 2. The Morgan fingerprint density at radius 1 is 1.23 bits per heavy atom. The van der Waals surface area contributed by atoms with Crippen molar-refractivity contribution in [3.8, 4) is 0 Å². The van der Waals surface area contributed by atoms with E-state index in [4.69, 9.17) is 4.52 Å². The molecular formula is C16H31N5O. The first kappa shape index (κ1) is 18.5. The summed E-state index contributed by atoms with van der Waals surface area (Å²) in [6.45, 7) is 14.3. The number of rotatable bonds is 8. The van der Waals surface area contributed by atoms with Crippen molar-refractivity contribution in [3.63, 3.8) is 0 Å². The summed E-state index contributed by atoms with van der Waals surface area (Å²) in [4.78, 5) is 8.97. The Hall–Kier alpha value is -1.59. The van der Waals surface area contributed by atoms with Crippen molar-refractivity contribution < 1.29 is 4.52 Å². The quantitative estimate of drug-likeness (QED) is 0.439. The van der Waals surface area contributed by atoms with Crippen LogP contribution in [0, 0.1) is 5.92 Å². The van der Waals surface area contributed by atoms with Gasteiger partial charge in [0.25, 0.3) is 0 Å². The van der Waals surface area contributed by atoms with Gasteiger partial charge in [-0.3, -0.25) is 4.99 Å². The molecule has 1 rings (SSSR count). The van der Waals surface area contributed by atoms with Crippen molar-refractivity contribution in [3.05, 3.63) is 11.7 Å². The van der Waals surface area contributed by atoms with E-state index < -0.39 is 0 Å². The van der Waals surface area contributed by atoms with Gasteiger partial charge in [-0.15, -0.1) is 0 Å². The predicted molar refractivity (Wildman–Crippen MR) is 90.1 cm³/mol.